The molecule has 0 bridgehead atoms. The van der Waals surface area contributed by atoms with E-state index in [0.717, 1.165) is 70.6 Å². The molecule has 0 radical (unpaired) electrons. The van der Waals surface area contributed by atoms with Crippen molar-refractivity contribution in [2.45, 2.75) is 210 Å². The van der Waals surface area contributed by atoms with Crippen molar-refractivity contribution in [3.05, 3.63) is 72.9 Å². The van der Waals surface area contributed by atoms with Gasteiger partial charge in [0.05, 0.1) is 18.8 Å². The zero-order valence-electron chi connectivity index (χ0n) is 40.2. The molecule has 0 aromatic carbocycles. The van der Waals surface area contributed by atoms with Crippen LogP contribution >= 0.6 is 15.6 Å². The maximum absolute atomic E-state index is 13.0. The summed E-state index contributed by atoms with van der Waals surface area (Å²) in [4.78, 5) is 54.3. The molecule has 2 aliphatic rings. The Kier molecular flexibility index (Phi) is 32.9. The highest BCUT2D eigenvalue weighted by molar-refractivity contribution is 7.47. The number of carbonyl (C=O) groups excluding carboxylic acids is 2. The number of allylic oxidation sites excluding steroid dienone is 11. The van der Waals surface area contributed by atoms with Crippen molar-refractivity contribution in [3.8, 4) is 0 Å². The number of rotatable bonds is 39. The number of carbonyl (C=O) groups is 2. The van der Waals surface area contributed by atoms with Gasteiger partial charge in [-0.15, -0.1) is 0 Å². The number of aliphatic hydroxyl groups excluding tert-OH is 4. The lowest BCUT2D eigenvalue weighted by molar-refractivity contribution is -0.216. The minimum Gasteiger partial charge on any atom is -0.462 e. The number of hydrogen-bond acceptors (Lipinski definition) is 14. The summed E-state index contributed by atoms with van der Waals surface area (Å²) in [7, 11) is -10.7. The first-order valence-electron chi connectivity index (χ1n) is 24.6. The summed E-state index contributed by atoms with van der Waals surface area (Å²) in [5.74, 6) is -1.31. The van der Waals surface area contributed by atoms with E-state index in [1.807, 2.05) is 12.2 Å². The fourth-order valence-corrected chi connectivity index (χ4v) is 8.77. The second-order valence-electron chi connectivity index (χ2n) is 17.2. The maximum atomic E-state index is 13.0. The minimum absolute atomic E-state index is 0.000751. The number of aliphatic hydroxyl groups is 4. The highest BCUT2D eigenvalue weighted by atomic mass is 31.2. The molecule has 0 aromatic heterocycles. The second-order valence-corrected chi connectivity index (χ2v) is 19.8. The number of phosphoric ester groups is 2. The minimum atomic E-state index is -5.38. The van der Waals surface area contributed by atoms with Gasteiger partial charge in [0.2, 0.25) is 0 Å². The van der Waals surface area contributed by atoms with Crippen molar-refractivity contribution < 1.29 is 81.6 Å². The van der Waals surface area contributed by atoms with E-state index in [2.05, 4.69) is 79.1 Å². The zero-order valence-corrected chi connectivity index (χ0v) is 42.0. The Morgan fingerprint density at radius 2 is 1.04 bits per heavy atom. The molecule has 1 heterocycles. The molecular formula is C49H82O17P2. The van der Waals surface area contributed by atoms with E-state index >= 15 is 0 Å². The van der Waals surface area contributed by atoms with Gasteiger partial charge in [-0.3, -0.25) is 23.2 Å². The molecule has 10 atom stereocenters. The van der Waals surface area contributed by atoms with E-state index in [1.165, 1.54) is 38.5 Å². The van der Waals surface area contributed by atoms with Crippen LogP contribution in [0, 0.1) is 0 Å². The molecule has 7 N–H and O–H groups in total. The third-order valence-corrected chi connectivity index (χ3v) is 12.7. The molecule has 7 unspecified atom stereocenters. The third-order valence-electron chi connectivity index (χ3n) is 11.2. The summed E-state index contributed by atoms with van der Waals surface area (Å²) in [6, 6.07) is 0. The lowest BCUT2D eigenvalue weighted by atomic mass is 9.85. The van der Waals surface area contributed by atoms with E-state index in [9.17, 15) is 53.8 Å². The Labute approximate surface area is 404 Å². The molecule has 0 spiro atoms. The first kappa shape index (κ1) is 61.5. The molecule has 390 valence electrons. The lowest BCUT2D eigenvalue weighted by Crippen LogP contribution is -2.64. The number of esters is 2. The van der Waals surface area contributed by atoms with Gasteiger partial charge < -0.3 is 49.3 Å². The van der Waals surface area contributed by atoms with Crippen molar-refractivity contribution in [3.63, 3.8) is 0 Å². The van der Waals surface area contributed by atoms with Crippen LogP contribution in [0.5, 0.6) is 0 Å². The number of epoxide rings is 1. The smallest absolute Gasteiger partial charge is 0.462 e. The highest BCUT2D eigenvalue weighted by Crippen LogP contribution is 2.49. The van der Waals surface area contributed by atoms with E-state index in [-0.39, 0.29) is 12.8 Å². The number of hydrogen-bond donors (Lipinski definition) is 7. The zero-order chi connectivity index (χ0) is 50.0. The Morgan fingerprint density at radius 3 is 1.63 bits per heavy atom. The number of ether oxygens (including phenoxy) is 3. The summed E-state index contributed by atoms with van der Waals surface area (Å²) in [5, 5.41) is 41.3. The average molecular weight is 1010 g/mol. The summed E-state index contributed by atoms with van der Waals surface area (Å²) >= 11 is 0. The second kappa shape index (κ2) is 36.3. The summed E-state index contributed by atoms with van der Waals surface area (Å²) in [5.41, 5.74) is 0. The number of phosphoric acid groups is 2. The topological polar surface area (TPSA) is 269 Å². The predicted molar refractivity (Wildman–Crippen MR) is 259 cm³/mol. The molecule has 17 nitrogen and oxygen atoms in total. The van der Waals surface area contributed by atoms with Crippen molar-refractivity contribution >= 4 is 27.6 Å². The standard InChI is InChI=1S/C49H82O17P2/c1-3-5-7-8-9-10-11-12-13-14-15-16-17-22-25-28-32-36-43(51)63-39(38-62-68(59,60)66-49-46(54)44(52)45(53)48(47(49)55)65-67(56,57)58)37-61-42(50)35-31-27-24-21-19-18-20-23-26-30-34-41-40(64-41)33-29-6-4-2/h9-10,12-13,15-16,18,20-21,24,26,30,39-41,44-49,52-55H,3-8,11,14,17,19,22-23,25,27-29,31-38H2,1-2H3,(H,59,60)(H2,56,57,58)/b10-9-,13-12-,16-15-,20-18-,24-21-,30-26-/t39-,40?,41?,44?,45?,46?,47?,48-,49+/m1/s1. The van der Waals surface area contributed by atoms with Gasteiger partial charge in [0.25, 0.3) is 0 Å². The van der Waals surface area contributed by atoms with E-state index in [0.29, 0.717) is 31.5 Å². The van der Waals surface area contributed by atoms with Crippen LogP contribution < -0.4 is 0 Å². The van der Waals surface area contributed by atoms with Crippen LogP contribution in [-0.2, 0) is 46.5 Å². The largest absolute Gasteiger partial charge is 0.472 e. The van der Waals surface area contributed by atoms with Crippen LogP contribution in [0.25, 0.3) is 0 Å². The quantitative estimate of drug-likeness (QED) is 0.00998. The van der Waals surface area contributed by atoms with Crippen LogP contribution in [0.1, 0.15) is 155 Å². The van der Waals surface area contributed by atoms with Crippen LogP contribution in [0.15, 0.2) is 72.9 Å². The molecule has 2 rings (SSSR count). The molecule has 1 aliphatic carbocycles. The van der Waals surface area contributed by atoms with Crippen molar-refractivity contribution in [2.24, 2.45) is 0 Å². The molecule has 1 saturated heterocycles. The Hall–Kier alpha value is -2.60. The van der Waals surface area contributed by atoms with Gasteiger partial charge in [0.1, 0.15) is 43.2 Å². The fourth-order valence-electron chi connectivity index (χ4n) is 7.24. The van der Waals surface area contributed by atoms with Gasteiger partial charge in [-0.25, -0.2) is 9.13 Å². The average Bonchev–Trinajstić information content (AvgIpc) is 4.05. The SMILES string of the molecule is CCCCC/C=C\C/C=C\C/C=C\CCCCCCC(=O)O[C@H](COC(=O)CCC/C=C\C/C=C\C/C=C\CC1OC1CCCCC)COP(=O)(O)O[C@H]1C(O)C(O)C(O)[C@@H](OP(=O)(O)O)C1O. The molecule has 2 fully saturated rings. The van der Waals surface area contributed by atoms with Crippen molar-refractivity contribution in [1.29, 1.82) is 0 Å². The molecule has 0 amide bonds. The number of unbranched alkanes of at least 4 members (excludes halogenated alkanes) is 10. The van der Waals surface area contributed by atoms with Gasteiger partial charge in [0, 0.05) is 12.8 Å². The fraction of sp³-hybridized carbons (Fsp3) is 0.714. The molecule has 1 saturated carbocycles. The van der Waals surface area contributed by atoms with Gasteiger partial charge in [-0.1, -0.05) is 132 Å². The van der Waals surface area contributed by atoms with Gasteiger partial charge in [-0.05, 0) is 83.5 Å². The van der Waals surface area contributed by atoms with Gasteiger partial charge >= 0.3 is 27.6 Å². The normalized spacial score (nSPS) is 24.8. The molecular weight excluding hydrogens is 922 g/mol. The van der Waals surface area contributed by atoms with E-state index in [1.54, 1.807) is 0 Å². The highest BCUT2D eigenvalue weighted by Gasteiger charge is 2.54. The Balaban J connectivity index is 1.81. The van der Waals surface area contributed by atoms with Crippen molar-refractivity contribution in [2.75, 3.05) is 13.2 Å². The molecule has 19 heteroatoms. The molecule has 68 heavy (non-hydrogen) atoms. The van der Waals surface area contributed by atoms with Crippen LogP contribution in [0.4, 0.5) is 0 Å². The van der Waals surface area contributed by atoms with E-state index in [4.69, 9.17) is 23.3 Å². The van der Waals surface area contributed by atoms with Crippen LogP contribution in [0.2, 0.25) is 0 Å². The molecule has 0 aromatic rings. The van der Waals surface area contributed by atoms with Crippen LogP contribution in [0.3, 0.4) is 0 Å². The summed E-state index contributed by atoms with van der Waals surface area (Å²) in [6.45, 7) is 2.98. The monoisotopic (exact) mass is 1000 g/mol. The maximum Gasteiger partial charge on any atom is 0.472 e. The van der Waals surface area contributed by atoms with Crippen molar-refractivity contribution in [1.82, 2.24) is 0 Å². The predicted octanol–water partition coefficient (Wildman–Crippen LogP) is 8.61. The molecule has 1 aliphatic heterocycles. The Morgan fingerprint density at radius 1 is 0.544 bits per heavy atom. The Bertz CT molecular complexity index is 1660. The van der Waals surface area contributed by atoms with Crippen LogP contribution in [-0.4, -0.2) is 115 Å². The first-order chi connectivity index (χ1) is 32.6. The van der Waals surface area contributed by atoms with Gasteiger partial charge in [-0.2, -0.15) is 0 Å². The third kappa shape index (κ3) is 29.6. The summed E-state index contributed by atoms with van der Waals surface area (Å²) < 4.78 is 55.1. The summed E-state index contributed by atoms with van der Waals surface area (Å²) in [6.07, 6.45) is 30.3. The first-order valence-corrected chi connectivity index (χ1v) is 27.6. The lowest BCUT2D eigenvalue weighted by Gasteiger charge is -2.43. The van der Waals surface area contributed by atoms with E-state index < -0.39 is 83.5 Å². The van der Waals surface area contributed by atoms with Gasteiger partial charge in [0.15, 0.2) is 6.10 Å².